The van der Waals surface area contributed by atoms with Crippen LogP contribution in [0.2, 0.25) is 0 Å². The van der Waals surface area contributed by atoms with Crippen molar-refractivity contribution in [1.82, 2.24) is 4.90 Å². The number of likely N-dealkylation sites (tertiary alicyclic amines) is 1. The molecule has 4 nitrogen and oxygen atoms in total. The van der Waals surface area contributed by atoms with Gasteiger partial charge in [-0.3, -0.25) is 9.69 Å². The Morgan fingerprint density at radius 1 is 1.10 bits per heavy atom. The van der Waals surface area contributed by atoms with Crippen LogP contribution in [-0.2, 0) is 24.2 Å². The summed E-state index contributed by atoms with van der Waals surface area (Å²) in [6, 6.07) is 15.2. The SMILES string of the molecule is CC1=C(CN2CC(C(=O)O)C2)CCc2cc(OCc3ccc(CC(C)C)cc3)ccc21. The molecule has 0 spiro atoms. The standard InChI is InChI=1S/C27H33NO3/c1-18(2)12-20-4-6-21(7-5-20)17-31-25-10-11-26-19(3)23(9-8-22(26)13-25)14-28-15-24(16-28)27(29)30/h4-7,10-11,13,18,24H,8-9,12,14-17H2,1-3H3,(H,29,30). The maximum absolute atomic E-state index is 11.0. The lowest BCUT2D eigenvalue weighted by Crippen LogP contribution is -2.50. The van der Waals surface area contributed by atoms with Crippen LogP contribution in [-0.4, -0.2) is 35.6 Å². The largest absolute Gasteiger partial charge is 0.489 e. The Bertz CT molecular complexity index is 968. The first-order valence-electron chi connectivity index (χ1n) is 11.4. The van der Waals surface area contributed by atoms with Gasteiger partial charge in [-0.1, -0.05) is 49.8 Å². The molecule has 2 aliphatic rings. The van der Waals surface area contributed by atoms with Crippen LogP contribution in [0.15, 0.2) is 48.0 Å². The number of carboxylic acid groups (broad SMARTS) is 1. The van der Waals surface area contributed by atoms with E-state index in [1.54, 1.807) is 0 Å². The second-order valence-corrected chi connectivity index (χ2v) is 9.48. The van der Waals surface area contributed by atoms with Crippen molar-refractivity contribution in [1.29, 1.82) is 0 Å². The molecule has 31 heavy (non-hydrogen) atoms. The second kappa shape index (κ2) is 9.27. The molecular formula is C27H33NO3. The van der Waals surface area contributed by atoms with Gasteiger partial charge in [0, 0.05) is 19.6 Å². The van der Waals surface area contributed by atoms with Gasteiger partial charge in [0.2, 0.25) is 0 Å². The molecule has 4 heteroatoms. The topological polar surface area (TPSA) is 49.8 Å². The van der Waals surface area contributed by atoms with Crippen LogP contribution in [0.3, 0.4) is 0 Å². The van der Waals surface area contributed by atoms with E-state index in [2.05, 4.69) is 68.1 Å². The summed E-state index contributed by atoms with van der Waals surface area (Å²) in [5.41, 5.74) is 8.00. The fourth-order valence-corrected chi connectivity index (χ4v) is 4.63. The Morgan fingerprint density at radius 2 is 1.81 bits per heavy atom. The van der Waals surface area contributed by atoms with Gasteiger partial charge in [0.25, 0.3) is 0 Å². The van der Waals surface area contributed by atoms with Crippen LogP contribution in [0.25, 0.3) is 5.57 Å². The monoisotopic (exact) mass is 419 g/mol. The zero-order valence-electron chi connectivity index (χ0n) is 18.9. The average Bonchev–Trinajstić information content (AvgIpc) is 2.70. The smallest absolute Gasteiger partial charge is 0.309 e. The van der Waals surface area contributed by atoms with Gasteiger partial charge in [0.05, 0.1) is 5.92 Å². The van der Waals surface area contributed by atoms with E-state index in [4.69, 9.17) is 9.84 Å². The molecule has 0 radical (unpaired) electrons. The number of nitrogens with zero attached hydrogens (tertiary/aromatic N) is 1. The van der Waals surface area contributed by atoms with Crippen LogP contribution in [0.4, 0.5) is 0 Å². The first kappa shape index (κ1) is 21.6. The summed E-state index contributed by atoms with van der Waals surface area (Å²) in [4.78, 5) is 13.3. The molecule has 0 unspecified atom stereocenters. The van der Waals surface area contributed by atoms with Crippen molar-refractivity contribution < 1.29 is 14.6 Å². The Balaban J connectivity index is 1.36. The fourth-order valence-electron chi connectivity index (χ4n) is 4.63. The molecule has 1 saturated heterocycles. The molecular weight excluding hydrogens is 386 g/mol. The summed E-state index contributed by atoms with van der Waals surface area (Å²) in [6.07, 6.45) is 3.16. The molecule has 2 aromatic carbocycles. The van der Waals surface area contributed by atoms with Crippen molar-refractivity contribution in [3.8, 4) is 5.75 Å². The normalized spacial score (nSPS) is 16.9. The van der Waals surface area contributed by atoms with Crippen LogP contribution in [0, 0.1) is 11.8 Å². The second-order valence-electron chi connectivity index (χ2n) is 9.48. The van der Waals surface area contributed by atoms with E-state index >= 15 is 0 Å². The molecule has 0 amide bonds. The van der Waals surface area contributed by atoms with Crippen LogP contribution < -0.4 is 4.74 Å². The maximum Gasteiger partial charge on any atom is 0.309 e. The van der Waals surface area contributed by atoms with E-state index in [1.165, 1.54) is 33.4 Å². The maximum atomic E-state index is 11.0. The zero-order valence-corrected chi connectivity index (χ0v) is 18.9. The third kappa shape index (κ3) is 5.19. The highest BCUT2D eigenvalue weighted by Gasteiger charge is 2.33. The summed E-state index contributed by atoms with van der Waals surface area (Å²) >= 11 is 0. The lowest BCUT2D eigenvalue weighted by molar-refractivity contribution is -0.147. The van der Waals surface area contributed by atoms with Crippen molar-refractivity contribution in [2.75, 3.05) is 19.6 Å². The molecule has 0 atom stereocenters. The van der Waals surface area contributed by atoms with Gasteiger partial charge < -0.3 is 9.84 Å². The molecule has 1 fully saturated rings. The molecule has 164 valence electrons. The van der Waals surface area contributed by atoms with Gasteiger partial charge in [-0.25, -0.2) is 0 Å². The van der Waals surface area contributed by atoms with Gasteiger partial charge >= 0.3 is 5.97 Å². The number of aliphatic carboxylic acids is 1. The van der Waals surface area contributed by atoms with E-state index in [9.17, 15) is 4.79 Å². The minimum absolute atomic E-state index is 0.192. The molecule has 2 aromatic rings. The van der Waals surface area contributed by atoms with Gasteiger partial charge in [0.1, 0.15) is 12.4 Å². The van der Waals surface area contributed by atoms with Crippen molar-refractivity contribution in [3.63, 3.8) is 0 Å². The van der Waals surface area contributed by atoms with Gasteiger partial charge in [-0.2, -0.15) is 0 Å². The summed E-state index contributed by atoms with van der Waals surface area (Å²) < 4.78 is 6.09. The predicted molar refractivity (Wildman–Crippen MR) is 124 cm³/mol. The van der Waals surface area contributed by atoms with Crippen molar-refractivity contribution in [2.45, 2.75) is 46.6 Å². The zero-order chi connectivity index (χ0) is 22.0. The number of hydrogen-bond donors (Lipinski definition) is 1. The van der Waals surface area contributed by atoms with E-state index in [0.717, 1.165) is 31.6 Å². The number of allylic oxidation sites excluding steroid dienone is 1. The van der Waals surface area contributed by atoms with E-state index in [-0.39, 0.29) is 5.92 Å². The Labute approximate surface area is 185 Å². The number of carbonyl (C=O) groups is 1. The predicted octanol–water partition coefficient (Wildman–Crippen LogP) is 5.20. The molecule has 1 aliphatic heterocycles. The molecule has 4 rings (SSSR count). The summed E-state index contributed by atoms with van der Waals surface area (Å²) in [5.74, 6) is 0.731. The summed E-state index contributed by atoms with van der Waals surface area (Å²) in [5, 5.41) is 9.07. The van der Waals surface area contributed by atoms with Crippen LogP contribution >= 0.6 is 0 Å². The van der Waals surface area contributed by atoms with E-state index in [1.807, 2.05) is 0 Å². The minimum atomic E-state index is -0.671. The average molecular weight is 420 g/mol. The summed E-state index contributed by atoms with van der Waals surface area (Å²) in [7, 11) is 0. The number of aryl methyl sites for hydroxylation is 1. The van der Waals surface area contributed by atoms with Crippen molar-refractivity contribution in [3.05, 3.63) is 70.3 Å². The first-order valence-corrected chi connectivity index (χ1v) is 11.4. The third-order valence-corrected chi connectivity index (χ3v) is 6.50. The van der Waals surface area contributed by atoms with E-state index in [0.29, 0.717) is 25.6 Å². The van der Waals surface area contributed by atoms with Crippen LogP contribution in [0.5, 0.6) is 5.75 Å². The van der Waals surface area contributed by atoms with E-state index < -0.39 is 5.97 Å². The van der Waals surface area contributed by atoms with Crippen LogP contribution in [0.1, 0.15) is 49.4 Å². The molecule has 0 aromatic heterocycles. The number of benzene rings is 2. The van der Waals surface area contributed by atoms with Crippen molar-refractivity contribution in [2.24, 2.45) is 11.8 Å². The lowest BCUT2D eigenvalue weighted by Gasteiger charge is -2.38. The quantitative estimate of drug-likeness (QED) is 0.639. The molecule has 0 bridgehead atoms. The molecule has 0 saturated carbocycles. The lowest BCUT2D eigenvalue weighted by atomic mass is 9.85. The Kier molecular flexibility index (Phi) is 6.47. The third-order valence-electron chi connectivity index (χ3n) is 6.50. The number of hydrogen-bond acceptors (Lipinski definition) is 3. The van der Waals surface area contributed by atoms with Crippen molar-refractivity contribution >= 4 is 11.5 Å². The molecule has 1 heterocycles. The first-order chi connectivity index (χ1) is 14.9. The minimum Gasteiger partial charge on any atom is -0.489 e. The number of fused-ring (bicyclic) bond motifs is 1. The Morgan fingerprint density at radius 3 is 2.48 bits per heavy atom. The van der Waals surface area contributed by atoms with Gasteiger partial charge in [0.15, 0.2) is 0 Å². The number of rotatable bonds is 8. The highest BCUT2D eigenvalue weighted by Crippen LogP contribution is 2.34. The fraction of sp³-hybridized carbons (Fsp3) is 0.444. The Hall–Kier alpha value is -2.59. The number of carboxylic acids is 1. The molecule has 1 N–H and O–H groups in total. The van der Waals surface area contributed by atoms with Gasteiger partial charge in [-0.05, 0) is 72.1 Å². The highest BCUT2D eigenvalue weighted by atomic mass is 16.5. The van der Waals surface area contributed by atoms with Gasteiger partial charge in [-0.15, -0.1) is 0 Å². The number of ether oxygens (including phenoxy) is 1. The highest BCUT2D eigenvalue weighted by molar-refractivity contribution is 5.73. The molecule has 1 aliphatic carbocycles. The summed E-state index contributed by atoms with van der Waals surface area (Å²) in [6.45, 7) is 9.50.